The number of benzene rings is 2. The van der Waals surface area contributed by atoms with Crippen molar-refractivity contribution in [3.63, 3.8) is 0 Å². The number of allylic oxidation sites excluding steroid dienone is 2. The summed E-state index contributed by atoms with van der Waals surface area (Å²) in [5.41, 5.74) is 2.91. The van der Waals surface area contributed by atoms with Gasteiger partial charge in [-0.2, -0.15) is 0 Å². The zero-order valence-electron chi connectivity index (χ0n) is 15.4. The van der Waals surface area contributed by atoms with Crippen LogP contribution in [-0.2, 0) is 14.3 Å². The number of nitrogens with zero attached hydrogens (tertiary/aromatic N) is 1. The van der Waals surface area contributed by atoms with E-state index < -0.39 is 5.97 Å². The highest BCUT2D eigenvalue weighted by atomic mass is 16.5. The van der Waals surface area contributed by atoms with Crippen LogP contribution in [0.3, 0.4) is 0 Å². The summed E-state index contributed by atoms with van der Waals surface area (Å²) in [5, 5.41) is 0. The van der Waals surface area contributed by atoms with Gasteiger partial charge in [0.15, 0.2) is 0 Å². The highest BCUT2D eigenvalue weighted by Crippen LogP contribution is 2.26. The molecule has 0 atom stereocenters. The summed E-state index contributed by atoms with van der Waals surface area (Å²) < 4.78 is 4.81. The lowest BCUT2D eigenvalue weighted by Gasteiger charge is -2.18. The van der Waals surface area contributed by atoms with Gasteiger partial charge in [0.1, 0.15) is 0 Å². The Balaban J connectivity index is 2.09. The molecular formula is C23H23NO3. The monoisotopic (exact) mass is 361 g/mol. The molecule has 1 aliphatic heterocycles. The Kier molecular flexibility index (Phi) is 6.21. The third-order valence-corrected chi connectivity index (χ3v) is 4.59. The van der Waals surface area contributed by atoms with Gasteiger partial charge >= 0.3 is 5.97 Å². The molecule has 0 spiro atoms. The molecule has 2 aromatic carbocycles. The predicted molar refractivity (Wildman–Crippen MR) is 107 cm³/mol. The van der Waals surface area contributed by atoms with E-state index in [1.807, 2.05) is 65.6 Å². The lowest BCUT2D eigenvalue weighted by molar-refractivity contribution is -0.134. The van der Waals surface area contributed by atoms with Crippen molar-refractivity contribution >= 4 is 23.0 Å². The molecular weight excluding hydrogens is 338 g/mol. The molecule has 3 rings (SSSR count). The van der Waals surface area contributed by atoms with Crippen molar-refractivity contribution in [2.45, 2.75) is 12.8 Å². The molecule has 0 aromatic heterocycles. The minimum atomic E-state index is -0.453. The first-order valence-electron chi connectivity index (χ1n) is 9.10. The van der Waals surface area contributed by atoms with Crippen molar-refractivity contribution in [3.8, 4) is 0 Å². The first-order valence-corrected chi connectivity index (χ1v) is 9.10. The standard InChI is InChI=1S/C23H23NO3/c1-27-22(25)17-20(18-10-4-2-5-11-18)16-21(19-12-6-3-7-13-19)23(26)24-14-8-9-15-24/h2-7,10-13,16-17H,8-9,14-15H2,1H3/b20-17-,21-16-. The lowest BCUT2D eigenvalue weighted by atomic mass is 9.97. The molecule has 1 fully saturated rings. The van der Waals surface area contributed by atoms with Crippen molar-refractivity contribution in [2.24, 2.45) is 0 Å². The number of carbonyl (C=O) groups excluding carboxylic acids is 2. The summed E-state index contributed by atoms with van der Waals surface area (Å²) in [4.78, 5) is 27.0. The number of hydrogen-bond acceptors (Lipinski definition) is 3. The molecule has 2 aromatic rings. The van der Waals surface area contributed by atoms with Crippen molar-refractivity contribution in [1.29, 1.82) is 0 Å². The Morgan fingerprint density at radius 3 is 1.96 bits per heavy atom. The van der Waals surface area contributed by atoms with E-state index in [4.69, 9.17) is 4.74 Å². The van der Waals surface area contributed by atoms with Crippen LogP contribution in [0.4, 0.5) is 0 Å². The summed E-state index contributed by atoms with van der Waals surface area (Å²) in [7, 11) is 1.35. The van der Waals surface area contributed by atoms with Crippen LogP contribution in [-0.4, -0.2) is 37.0 Å². The van der Waals surface area contributed by atoms with Gasteiger partial charge in [-0.15, -0.1) is 0 Å². The number of ether oxygens (including phenoxy) is 1. The molecule has 0 saturated carbocycles. The van der Waals surface area contributed by atoms with Crippen molar-refractivity contribution in [3.05, 3.63) is 83.9 Å². The minimum Gasteiger partial charge on any atom is -0.466 e. The fraction of sp³-hybridized carbons (Fsp3) is 0.217. The third-order valence-electron chi connectivity index (χ3n) is 4.59. The number of hydrogen-bond donors (Lipinski definition) is 0. The van der Waals surface area contributed by atoms with Crippen LogP contribution in [0.15, 0.2) is 72.8 Å². The van der Waals surface area contributed by atoms with Gasteiger partial charge in [-0.25, -0.2) is 4.79 Å². The molecule has 0 bridgehead atoms. The second kappa shape index (κ2) is 8.99. The molecule has 0 unspecified atom stereocenters. The molecule has 138 valence electrons. The van der Waals surface area contributed by atoms with Crippen LogP contribution >= 0.6 is 0 Å². The number of amides is 1. The second-order valence-electron chi connectivity index (χ2n) is 6.41. The van der Waals surface area contributed by atoms with Gasteiger partial charge in [-0.3, -0.25) is 4.79 Å². The van der Waals surface area contributed by atoms with E-state index in [9.17, 15) is 9.59 Å². The summed E-state index contributed by atoms with van der Waals surface area (Å²) >= 11 is 0. The Hall–Kier alpha value is -3.14. The fourth-order valence-corrected chi connectivity index (χ4v) is 3.16. The first kappa shape index (κ1) is 18.6. The van der Waals surface area contributed by atoms with Gasteiger partial charge < -0.3 is 9.64 Å². The zero-order valence-corrected chi connectivity index (χ0v) is 15.4. The number of likely N-dealkylation sites (tertiary alicyclic amines) is 1. The fourth-order valence-electron chi connectivity index (χ4n) is 3.16. The van der Waals surface area contributed by atoms with E-state index in [2.05, 4.69) is 0 Å². The first-order chi connectivity index (χ1) is 13.2. The van der Waals surface area contributed by atoms with Crippen LogP contribution < -0.4 is 0 Å². The normalized spacial score (nSPS) is 14.9. The van der Waals surface area contributed by atoms with E-state index in [0.717, 1.165) is 37.1 Å². The highest BCUT2D eigenvalue weighted by Gasteiger charge is 2.23. The minimum absolute atomic E-state index is 0.00889. The van der Waals surface area contributed by atoms with E-state index in [1.54, 1.807) is 6.08 Å². The van der Waals surface area contributed by atoms with Crippen LogP contribution in [0.25, 0.3) is 11.1 Å². The molecule has 27 heavy (non-hydrogen) atoms. The van der Waals surface area contributed by atoms with Crippen LogP contribution in [0.5, 0.6) is 0 Å². The van der Waals surface area contributed by atoms with Crippen LogP contribution in [0.2, 0.25) is 0 Å². The molecule has 4 nitrogen and oxygen atoms in total. The predicted octanol–water partition coefficient (Wildman–Crippen LogP) is 3.95. The van der Waals surface area contributed by atoms with Gasteiger partial charge in [0.25, 0.3) is 5.91 Å². The Morgan fingerprint density at radius 1 is 0.852 bits per heavy atom. The topological polar surface area (TPSA) is 46.6 Å². The average molecular weight is 361 g/mol. The highest BCUT2D eigenvalue weighted by molar-refractivity contribution is 6.22. The Labute approximate surface area is 159 Å². The summed E-state index contributed by atoms with van der Waals surface area (Å²) in [6, 6.07) is 19.1. The van der Waals surface area contributed by atoms with E-state index in [1.165, 1.54) is 13.2 Å². The van der Waals surface area contributed by atoms with E-state index in [0.29, 0.717) is 11.1 Å². The van der Waals surface area contributed by atoms with Crippen molar-refractivity contribution in [1.82, 2.24) is 4.90 Å². The lowest BCUT2D eigenvalue weighted by Crippen LogP contribution is -2.28. The van der Waals surface area contributed by atoms with Crippen molar-refractivity contribution < 1.29 is 14.3 Å². The van der Waals surface area contributed by atoms with Gasteiger partial charge in [0.05, 0.1) is 7.11 Å². The Morgan fingerprint density at radius 2 is 1.41 bits per heavy atom. The Bertz CT molecular complexity index is 848. The van der Waals surface area contributed by atoms with Crippen LogP contribution in [0.1, 0.15) is 24.0 Å². The van der Waals surface area contributed by atoms with Crippen LogP contribution in [0, 0.1) is 0 Å². The molecule has 1 heterocycles. The molecule has 1 amide bonds. The van der Waals surface area contributed by atoms with E-state index >= 15 is 0 Å². The largest absolute Gasteiger partial charge is 0.466 e. The third kappa shape index (κ3) is 4.73. The van der Waals surface area contributed by atoms with Gasteiger partial charge in [0, 0.05) is 24.7 Å². The number of rotatable bonds is 5. The second-order valence-corrected chi connectivity index (χ2v) is 6.41. The quantitative estimate of drug-likeness (QED) is 0.460. The smallest absolute Gasteiger partial charge is 0.331 e. The zero-order chi connectivity index (χ0) is 19.1. The molecule has 0 radical (unpaired) electrons. The van der Waals surface area contributed by atoms with Gasteiger partial charge in [-0.1, -0.05) is 60.7 Å². The number of methoxy groups -OCH3 is 1. The maximum absolute atomic E-state index is 13.2. The SMILES string of the molecule is COC(=O)/C=C(/C=C(\C(=O)N1CCCC1)c1ccccc1)c1ccccc1. The maximum atomic E-state index is 13.2. The average Bonchev–Trinajstić information content (AvgIpc) is 3.26. The van der Waals surface area contributed by atoms with Crippen molar-refractivity contribution in [2.75, 3.05) is 20.2 Å². The summed E-state index contributed by atoms with van der Waals surface area (Å²) in [6.07, 6.45) is 5.27. The number of carbonyl (C=O) groups is 2. The summed E-state index contributed by atoms with van der Waals surface area (Å²) in [6.45, 7) is 1.54. The molecule has 4 heteroatoms. The molecule has 0 N–H and O–H groups in total. The van der Waals surface area contributed by atoms with Gasteiger partial charge in [-0.05, 0) is 35.6 Å². The van der Waals surface area contributed by atoms with Gasteiger partial charge in [0.2, 0.25) is 0 Å². The number of esters is 1. The maximum Gasteiger partial charge on any atom is 0.331 e. The molecule has 1 aliphatic rings. The van der Waals surface area contributed by atoms with E-state index in [-0.39, 0.29) is 5.91 Å². The molecule has 0 aliphatic carbocycles. The summed E-state index contributed by atoms with van der Waals surface area (Å²) in [5.74, 6) is -0.462. The molecule has 1 saturated heterocycles.